The van der Waals surface area contributed by atoms with Crippen molar-refractivity contribution in [2.75, 3.05) is 0 Å². The van der Waals surface area contributed by atoms with Crippen molar-refractivity contribution in [1.29, 1.82) is 0 Å². The summed E-state index contributed by atoms with van der Waals surface area (Å²) in [7, 11) is 0. The number of carbonyl (C=O) groups is 1. The molecule has 0 saturated heterocycles. The van der Waals surface area contributed by atoms with Gasteiger partial charge in [-0.05, 0) is 42.2 Å². The van der Waals surface area contributed by atoms with Crippen molar-refractivity contribution in [3.05, 3.63) is 80.2 Å². The number of fused-ring (bicyclic) bond motifs is 1. The highest BCUT2D eigenvalue weighted by molar-refractivity contribution is 6.32. The first-order chi connectivity index (χ1) is 12.0. The molecule has 4 nitrogen and oxygen atoms in total. The van der Waals surface area contributed by atoms with Gasteiger partial charge in [-0.15, -0.1) is 0 Å². The normalized spacial score (nSPS) is 11.0. The highest BCUT2D eigenvalue weighted by Crippen LogP contribution is 2.24. The van der Waals surface area contributed by atoms with E-state index in [9.17, 15) is 9.59 Å². The average Bonchev–Trinajstić information content (AvgIpc) is 2.59. The zero-order valence-corrected chi connectivity index (χ0v) is 14.5. The van der Waals surface area contributed by atoms with Gasteiger partial charge in [-0.1, -0.05) is 35.9 Å². The first kappa shape index (κ1) is 17.2. The van der Waals surface area contributed by atoms with Crippen LogP contribution < -0.4 is 5.43 Å². The second-order valence-corrected chi connectivity index (χ2v) is 6.38. The molecule has 0 aliphatic heterocycles. The van der Waals surface area contributed by atoms with Crippen LogP contribution in [0.15, 0.2) is 51.9 Å². The molecule has 0 aliphatic rings. The summed E-state index contributed by atoms with van der Waals surface area (Å²) in [5.74, 6) is -0.842. The van der Waals surface area contributed by atoms with Crippen molar-refractivity contribution in [3.8, 4) is 0 Å². The van der Waals surface area contributed by atoms with Gasteiger partial charge in [0.2, 0.25) is 0 Å². The molecule has 0 fully saturated rings. The molecule has 0 saturated carbocycles. The van der Waals surface area contributed by atoms with Crippen LogP contribution in [0.1, 0.15) is 28.7 Å². The van der Waals surface area contributed by atoms with Crippen molar-refractivity contribution in [2.45, 2.75) is 26.2 Å². The molecule has 0 atom stereocenters. The predicted octanol–water partition coefficient (Wildman–Crippen LogP) is 4.36. The monoisotopic (exact) mass is 356 g/mol. The number of carboxylic acids is 1. The fraction of sp³-hybridized carbons (Fsp3) is 0.200. The molecule has 128 valence electrons. The Balaban J connectivity index is 2.02. The Kier molecular flexibility index (Phi) is 4.91. The lowest BCUT2D eigenvalue weighted by Gasteiger charge is -2.09. The molecule has 0 unspecified atom stereocenters. The van der Waals surface area contributed by atoms with E-state index in [4.69, 9.17) is 21.1 Å². The Labute approximate surface area is 149 Å². The highest BCUT2D eigenvalue weighted by Gasteiger charge is 2.13. The van der Waals surface area contributed by atoms with Gasteiger partial charge in [0.1, 0.15) is 5.58 Å². The lowest BCUT2D eigenvalue weighted by molar-refractivity contribution is -0.136. The van der Waals surface area contributed by atoms with Crippen LogP contribution in [-0.4, -0.2) is 11.1 Å². The zero-order valence-electron chi connectivity index (χ0n) is 13.7. The second-order valence-electron chi connectivity index (χ2n) is 5.97. The molecule has 1 heterocycles. The summed E-state index contributed by atoms with van der Waals surface area (Å²) < 4.78 is 5.62. The van der Waals surface area contributed by atoms with E-state index in [2.05, 4.69) is 0 Å². The maximum absolute atomic E-state index is 12.9. The third-order valence-corrected chi connectivity index (χ3v) is 4.72. The van der Waals surface area contributed by atoms with E-state index in [1.165, 1.54) is 6.26 Å². The molecule has 0 spiro atoms. The number of aliphatic carboxylic acids is 1. The molecule has 1 N–H and O–H groups in total. The summed E-state index contributed by atoms with van der Waals surface area (Å²) in [6.07, 6.45) is 2.35. The van der Waals surface area contributed by atoms with Gasteiger partial charge in [-0.2, -0.15) is 0 Å². The molecular formula is C20H17ClO4. The Hall–Kier alpha value is -2.59. The lowest BCUT2D eigenvalue weighted by Crippen LogP contribution is -2.11. The van der Waals surface area contributed by atoms with Gasteiger partial charge >= 0.3 is 5.97 Å². The molecule has 0 amide bonds. The molecule has 3 aromatic rings. The second kappa shape index (κ2) is 7.11. The number of hydrogen-bond donors (Lipinski definition) is 1. The van der Waals surface area contributed by atoms with Gasteiger partial charge in [0.25, 0.3) is 0 Å². The SMILES string of the molecule is Cc1c(Cl)ccc2occ(Cc3ccccc3CCC(=O)O)c(=O)c12. The predicted molar refractivity (Wildman–Crippen MR) is 97.4 cm³/mol. The van der Waals surface area contributed by atoms with Crippen molar-refractivity contribution >= 4 is 28.5 Å². The van der Waals surface area contributed by atoms with Crippen LogP contribution in [0, 0.1) is 6.92 Å². The standard InChI is InChI=1S/C20H17ClO4/c1-12-16(21)7-8-17-19(12)20(24)15(11-25-17)10-14-5-3-2-4-13(14)6-9-18(22)23/h2-5,7-8,11H,6,9-10H2,1H3,(H,22,23). The fourth-order valence-electron chi connectivity index (χ4n) is 2.93. The number of halogens is 1. The summed E-state index contributed by atoms with van der Waals surface area (Å²) in [5.41, 5.74) is 3.49. The number of carboxylic acid groups (broad SMARTS) is 1. The minimum atomic E-state index is -0.842. The third-order valence-electron chi connectivity index (χ3n) is 4.32. The Bertz CT molecular complexity index is 1000. The maximum atomic E-state index is 12.9. The van der Waals surface area contributed by atoms with Gasteiger partial charge in [-0.3, -0.25) is 9.59 Å². The molecule has 25 heavy (non-hydrogen) atoms. The average molecular weight is 357 g/mol. The first-order valence-electron chi connectivity index (χ1n) is 7.95. The van der Waals surface area contributed by atoms with Gasteiger partial charge < -0.3 is 9.52 Å². The van der Waals surface area contributed by atoms with Gasteiger partial charge in [-0.25, -0.2) is 0 Å². The van der Waals surface area contributed by atoms with E-state index in [0.29, 0.717) is 40.0 Å². The zero-order chi connectivity index (χ0) is 18.0. The van der Waals surface area contributed by atoms with Crippen LogP contribution in [0.5, 0.6) is 0 Å². The van der Waals surface area contributed by atoms with Crippen molar-refractivity contribution < 1.29 is 14.3 Å². The van der Waals surface area contributed by atoms with Crippen molar-refractivity contribution in [3.63, 3.8) is 0 Å². The smallest absolute Gasteiger partial charge is 0.303 e. The van der Waals surface area contributed by atoms with Crippen LogP contribution in [0.3, 0.4) is 0 Å². The first-order valence-corrected chi connectivity index (χ1v) is 8.33. The summed E-state index contributed by atoms with van der Waals surface area (Å²) in [6.45, 7) is 1.80. The molecule has 3 rings (SSSR count). The summed E-state index contributed by atoms with van der Waals surface area (Å²) >= 11 is 6.13. The van der Waals surface area contributed by atoms with E-state index >= 15 is 0 Å². The minimum absolute atomic E-state index is 0.0536. The number of aryl methyl sites for hydroxylation is 2. The summed E-state index contributed by atoms with van der Waals surface area (Å²) in [6, 6.07) is 11.0. The third kappa shape index (κ3) is 3.59. The summed E-state index contributed by atoms with van der Waals surface area (Å²) in [5, 5.41) is 9.92. The van der Waals surface area contributed by atoms with Crippen LogP contribution in [0.4, 0.5) is 0 Å². The highest BCUT2D eigenvalue weighted by atomic mass is 35.5. The van der Waals surface area contributed by atoms with Crippen LogP contribution >= 0.6 is 11.6 Å². The molecule has 0 radical (unpaired) electrons. The lowest BCUT2D eigenvalue weighted by atomic mass is 9.96. The van der Waals surface area contributed by atoms with Crippen molar-refractivity contribution in [1.82, 2.24) is 0 Å². The Morgan fingerprint density at radius 2 is 1.84 bits per heavy atom. The quantitative estimate of drug-likeness (QED) is 0.737. The largest absolute Gasteiger partial charge is 0.481 e. The maximum Gasteiger partial charge on any atom is 0.303 e. The summed E-state index contributed by atoms with van der Waals surface area (Å²) in [4.78, 5) is 23.7. The van der Waals surface area contributed by atoms with Crippen molar-refractivity contribution in [2.24, 2.45) is 0 Å². The van der Waals surface area contributed by atoms with Crippen LogP contribution in [0.25, 0.3) is 11.0 Å². The molecule has 1 aromatic heterocycles. The number of rotatable bonds is 5. The molecule has 2 aromatic carbocycles. The van der Waals surface area contributed by atoms with Gasteiger partial charge in [0.05, 0.1) is 11.6 Å². The molecule has 0 aliphatic carbocycles. The van der Waals surface area contributed by atoms with Crippen LogP contribution in [0.2, 0.25) is 5.02 Å². The Morgan fingerprint density at radius 3 is 2.56 bits per heavy atom. The van der Waals surface area contributed by atoms with Gasteiger partial charge in [0, 0.05) is 23.4 Å². The molecular weight excluding hydrogens is 340 g/mol. The fourth-order valence-corrected chi connectivity index (χ4v) is 3.09. The Morgan fingerprint density at radius 1 is 1.12 bits per heavy atom. The van der Waals surface area contributed by atoms with Gasteiger partial charge in [0.15, 0.2) is 5.43 Å². The number of benzene rings is 2. The van der Waals surface area contributed by atoms with E-state index in [0.717, 1.165) is 11.1 Å². The molecule has 5 heteroatoms. The van der Waals surface area contributed by atoms with Crippen LogP contribution in [-0.2, 0) is 17.6 Å². The van der Waals surface area contributed by atoms with E-state index in [-0.39, 0.29) is 11.8 Å². The molecule has 0 bridgehead atoms. The van der Waals surface area contributed by atoms with E-state index < -0.39 is 5.97 Å². The topological polar surface area (TPSA) is 67.5 Å². The minimum Gasteiger partial charge on any atom is -0.481 e. The number of hydrogen-bond acceptors (Lipinski definition) is 3. The van der Waals surface area contributed by atoms with E-state index in [1.54, 1.807) is 19.1 Å². The van der Waals surface area contributed by atoms with E-state index in [1.807, 2.05) is 24.3 Å².